The van der Waals surface area contributed by atoms with Crippen LogP contribution in [-0.4, -0.2) is 46.2 Å². The van der Waals surface area contributed by atoms with Crippen molar-refractivity contribution in [3.63, 3.8) is 0 Å². The van der Waals surface area contributed by atoms with E-state index in [1.54, 1.807) is 6.92 Å². The van der Waals surface area contributed by atoms with Gasteiger partial charge in [0.15, 0.2) is 0 Å². The summed E-state index contributed by atoms with van der Waals surface area (Å²) >= 11 is 1.40. The second kappa shape index (κ2) is 5.38. The Bertz CT molecular complexity index is 417. The average Bonchev–Trinajstić information content (AvgIpc) is 2.73. The van der Waals surface area contributed by atoms with Crippen molar-refractivity contribution in [2.24, 2.45) is 0 Å². The summed E-state index contributed by atoms with van der Waals surface area (Å²) in [5, 5.41) is 8.50. The van der Waals surface area contributed by atoms with Crippen molar-refractivity contribution in [2.45, 2.75) is 55.7 Å². The molecule has 0 aromatic rings. The lowest BCUT2D eigenvalue weighted by Crippen LogP contribution is -2.48. The van der Waals surface area contributed by atoms with Crippen LogP contribution in [0.2, 0.25) is 0 Å². The van der Waals surface area contributed by atoms with Crippen LogP contribution in [0.1, 0.15) is 39.0 Å². The number of nitrogens with zero attached hydrogens (tertiary/aromatic N) is 1. The monoisotopic (exact) mass is 293 g/mol. The van der Waals surface area contributed by atoms with E-state index in [2.05, 4.69) is 0 Å². The van der Waals surface area contributed by atoms with Crippen molar-refractivity contribution in [3.8, 4) is 0 Å². The Morgan fingerprint density at radius 3 is 2.44 bits per heavy atom. The normalized spacial score (nSPS) is 31.6. The van der Waals surface area contributed by atoms with Crippen LogP contribution in [0.3, 0.4) is 0 Å². The van der Waals surface area contributed by atoms with Gasteiger partial charge in [-0.15, -0.1) is 11.8 Å². The first-order chi connectivity index (χ1) is 8.44. The highest BCUT2D eigenvalue weighted by molar-refractivity contribution is 8.01. The predicted octanol–water partition coefficient (Wildman–Crippen LogP) is 1.50. The standard InChI is InChI=1S/C11H19NO4S2/c1-8-12(10(7-17-8)11(13)14)18(15,16)9-5-3-2-4-6-9/h8-10H,2-7H2,1H3,(H,13,14). The minimum Gasteiger partial charge on any atom is -0.480 e. The SMILES string of the molecule is CC1SCC(C(=O)O)N1S(=O)(=O)C1CCCCC1. The number of rotatable bonds is 3. The summed E-state index contributed by atoms with van der Waals surface area (Å²) in [5.41, 5.74) is 0. The van der Waals surface area contributed by atoms with Crippen molar-refractivity contribution in [2.75, 3.05) is 5.75 Å². The zero-order valence-corrected chi connectivity index (χ0v) is 12.0. The van der Waals surface area contributed by atoms with Gasteiger partial charge in [-0.05, 0) is 19.8 Å². The number of aliphatic carboxylic acids is 1. The van der Waals surface area contributed by atoms with Crippen LogP contribution in [0.5, 0.6) is 0 Å². The van der Waals surface area contributed by atoms with Gasteiger partial charge in [-0.1, -0.05) is 19.3 Å². The Hall–Kier alpha value is -0.270. The Morgan fingerprint density at radius 1 is 1.28 bits per heavy atom. The molecule has 2 aliphatic rings. The lowest BCUT2D eigenvalue weighted by molar-refractivity contribution is -0.140. The van der Waals surface area contributed by atoms with Crippen molar-refractivity contribution in [1.29, 1.82) is 0 Å². The number of thioether (sulfide) groups is 1. The molecule has 1 aliphatic heterocycles. The molecule has 18 heavy (non-hydrogen) atoms. The van der Waals surface area contributed by atoms with Gasteiger partial charge in [0.05, 0.1) is 10.6 Å². The van der Waals surface area contributed by atoms with Crippen molar-refractivity contribution in [3.05, 3.63) is 0 Å². The third-order valence-electron chi connectivity index (χ3n) is 3.71. The number of carbonyl (C=O) groups is 1. The summed E-state index contributed by atoms with van der Waals surface area (Å²) in [6.07, 6.45) is 4.28. The summed E-state index contributed by atoms with van der Waals surface area (Å²) in [4.78, 5) is 11.2. The molecule has 0 amide bonds. The first kappa shape index (κ1) is 14.1. The van der Waals surface area contributed by atoms with E-state index in [-0.39, 0.29) is 10.6 Å². The average molecular weight is 293 g/mol. The maximum atomic E-state index is 12.6. The van der Waals surface area contributed by atoms with Crippen LogP contribution in [-0.2, 0) is 14.8 Å². The smallest absolute Gasteiger partial charge is 0.322 e. The van der Waals surface area contributed by atoms with Gasteiger partial charge in [0.2, 0.25) is 10.0 Å². The van der Waals surface area contributed by atoms with Crippen LogP contribution < -0.4 is 0 Å². The first-order valence-corrected chi connectivity index (χ1v) is 8.86. The molecule has 0 aromatic carbocycles. The summed E-state index contributed by atoms with van der Waals surface area (Å²) < 4.78 is 26.4. The van der Waals surface area contributed by atoms with E-state index < -0.39 is 22.0 Å². The van der Waals surface area contributed by atoms with Gasteiger partial charge in [0.1, 0.15) is 6.04 Å². The first-order valence-electron chi connectivity index (χ1n) is 6.31. The van der Waals surface area contributed by atoms with Crippen molar-refractivity contribution < 1.29 is 18.3 Å². The van der Waals surface area contributed by atoms with E-state index in [1.807, 2.05) is 0 Å². The van der Waals surface area contributed by atoms with E-state index >= 15 is 0 Å². The fraction of sp³-hybridized carbons (Fsp3) is 0.909. The van der Waals surface area contributed by atoms with Gasteiger partial charge in [0.25, 0.3) is 0 Å². The lowest BCUT2D eigenvalue weighted by Gasteiger charge is -2.31. The van der Waals surface area contributed by atoms with Gasteiger partial charge in [-0.2, -0.15) is 4.31 Å². The van der Waals surface area contributed by atoms with Crippen LogP contribution in [0.4, 0.5) is 0 Å². The highest BCUT2D eigenvalue weighted by atomic mass is 32.2. The lowest BCUT2D eigenvalue weighted by atomic mass is 10.0. The molecule has 1 saturated carbocycles. The molecule has 5 nitrogen and oxygen atoms in total. The summed E-state index contributed by atoms with van der Waals surface area (Å²) in [6.45, 7) is 1.77. The maximum absolute atomic E-state index is 12.6. The number of carboxylic acids is 1. The second-order valence-corrected chi connectivity index (χ2v) is 8.39. The quantitative estimate of drug-likeness (QED) is 0.853. The Labute approximate surface area is 112 Å². The molecule has 104 valence electrons. The highest BCUT2D eigenvalue weighted by Crippen LogP contribution is 2.36. The molecule has 2 unspecified atom stereocenters. The molecule has 2 rings (SSSR count). The second-order valence-electron chi connectivity index (χ2n) is 4.92. The maximum Gasteiger partial charge on any atom is 0.322 e. The minimum absolute atomic E-state index is 0.266. The molecule has 1 saturated heterocycles. The Balaban J connectivity index is 2.23. The predicted molar refractivity (Wildman–Crippen MR) is 71.0 cm³/mol. The Kier molecular flexibility index (Phi) is 4.23. The summed E-state index contributed by atoms with van der Waals surface area (Å²) in [6, 6.07) is -0.892. The van der Waals surface area contributed by atoms with Crippen LogP contribution in [0.25, 0.3) is 0 Å². The fourth-order valence-corrected chi connectivity index (χ4v) is 6.63. The third kappa shape index (κ3) is 2.53. The van der Waals surface area contributed by atoms with Crippen LogP contribution in [0.15, 0.2) is 0 Å². The number of hydrogen-bond acceptors (Lipinski definition) is 4. The molecule has 1 aliphatic carbocycles. The highest BCUT2D eigenvalue weighted by Gasteiger charge is 2.46. The van der Waals surface area contributed by atoms with Crippen molar-refractivity contribution in [1.82, 2.24) is 4.31 Å². The van der Waals surface area contributed by atoms with Gasteiger partial charge >= 0.3 is 5.97 Å². The Morgan fingerprint density at radius 2 is 1.89 bits per heavy atom. The van der Waals surface area contributed by atoms with E-state index in [4.69, 9.17) is 5.11 Å². The minimum atomic E-state index is -3.47. The molecule has 0 radical (unpaired) electrons. The van der Waals surface area contributed by atoms with Gasteiger partial charge in [-0.3, -0.25) is 4.79 Å². The largest absolute Gasteiger partial charge is 0.480 e. The molecule has 0 spiro atoms. The van der Waals surface area contributed by atoms with Crippen LogP contribution >= 0.6 is 11.8 Å². The zero-order valence-electron chi connectivity index (χ0n) is 10.4. The van der Waals surface area contributed by atoms with Gasteiger partial charge in [-0.25, -0.2) is 8.42 Å². The number of carboxylic acid groups (broad SMARTS) is 1. The summed E-state index contributed by atoms with van der Waals surface area (Å²) in [5.74, 6) is -0.686. The van der Waals surface area contributed by atoms with E-state index in [1.165, 1.54) is 16.1 Å². The molecule has 0 bridgehead atoms. The fourth-order valence-electron chi connectivity index (χ4n) is 2.73. The third-order valence-corrected chi connectivity index (χ3v) is 7.54. The molecule has 0 aromatic heterocycles. The van der Waals surface area contributed by atoms with E-state index in [9.17, 15) is 13.2 Å². The van der Waals surface area contributed by atoms with Crippen LogP contribution in [0, 0.1) is 0 Å². The van der Waals surface area contributed by atoms with E-state index in [0.717, 1.165) is 19.3 Å². The topological polar surface area (TPSA) is 74.7 Å². The molecular weight excluding hydrogens is 274 g/mol. The van der Waals surface area contributed by atoms with Crippen molar-refractivity contribution >= 4 is 27.8 Å². The molecule has 1 N–H and O–H groups in total. The molecular formula is C11H19NO4S2. The molecule has 2 atom stereocenters. The number of hydrogen-bond donors (Lipinski definition) is 1. The zero-order chi connectivity index (χ0) is 13.3. The van der Waals surface area contributed by atoms with Gasteiger partial charge < -0.3 is 5.11 Å². The molecule has 7 heteroatoms. The van der Waals surface area contributed by atoms with E-state index in [0.29, 0.717) is 18.6 Å². The van der Waals surface area contributed by atoms with Gasteiger partial charge in [0, 0.05) is 5.75 Å². The summed E-state index contributed by atoms with van der Waals surface area (Å²) in [7, 11) is -3.47. The number of sulfonamides is 1. The molecule has 2 fully saturated rings. The molecule has 1 heterocycles.